The number of carbonyl (C=O) groups is 3. The van der Waals surface area contributed by atoms with Crippen molar-refractivity contribution in [2.75, 3.05) is 25.5 Å². The zero-order chi connectivity index (χ0) is 21.6. The molecule has 6 atom stereocenters. The highest BCUT2D eigenvalue weighted by Gasteiger charge is 2.76. The van der Waals surface area contributed by atoms with Crippen LogP contribution in [-0.4, -0.2) is 70.5 Å². The summed E-state index contributed by atoms with van der Waals surface area (Å²) in [5.74, 6) is -2.36. The Morgan fingerprint density at radius 3 is 2.67 bits per heavy atom. The summed E-state index contributed by atoms with van der Waals surface area (Å²) in [5, 5.41) is 15.3. The molecule has 162 valence electrons. The van der Waals surface area contributed by atoms with Gasteiger partial charge in [-0.2, -0.15) is 0 Å². The van der Waals surface area contributed by atoms with Crippen molar-refractivity contribution in [3.63, 3.8) is 0 Å². The second-order valence-corrected chi connectivity index (χ2v) is 9.50. The molecule has 10 heteroatoms. The highest BCUT2D eigenvalue weighted by Crippen LogP contribution is 2.60. The van der Waals surface area contributed by atoms with Gasteiger partial charge in [-0.15, -0.1) is 0 Å². The quantitative estimate of drug-likeness (QED) is 0.508. The molecule has 3 saturated heterocycles. The van der Waals surface area contributed by atoms with E-state index in [1.807, 2.05) is 0 Å². The first-order valence-corrected chi connectivity index (χ1v) is 11.1. The SMILES string of the molecule is CNC(=O)[C@H]1[C@H]2C(=O)N(CCCO)C(C(=O)Nc3ccc(Cl)cc3)C23CC(Br)[C@@H]1O3. The van der Waals surface area contributed by atoms with Crippen LogP contribution in [0.4, 0.5) is 5.69 Å². The van der Waals surface area contributed by atoms with Gasteiger partial charge in [0.15, 0.2) is 0 Å². The number of rotatable bonds is 6. The Kier molecular flexibility index (Phi) is 5.82. The molecule has 2 bridgehead atoms. The molecule has 3 fully saturated rings. The van der Waals surface area contributed by atoms with Gasteiger partial charge in [-0.25, -0.2) is 0 Å². The van der Waals surface area contributed by atoms with Gasteiger partial charge in [0.25, 0.3) is 0 Å². The number of anilines is 1. The van der Waals surface area contributed by atoms with Crippen LogP contribution in [-0.2, 0) is 19.1 Å². The number of aliphatic hydroxyl groups excluding tert-OH is 1. The Bertz CT molecular complexity index is 869. The van der Waals surface area contributed by atoms with Crippen LogP contribution in [0.1, 0.15) is 12.8 Å². The third kappa shape index (κ3) is 3.23. The summed E-state index contributed by atoms with van der Waals surface area (Å²) in [6, 6.07) is 5.78. The molecular weight excluding hydrogens is 478 g/mol. The van der Waals surface area contributed by atoms with Gasteiger partial charge in [0, 0.05) is 35.7 Å². The number of benzene rings is 1. The second-order valence-electron chi connectivity index (χ2n) is 7.88. The van der Waals surface area contributed by atoms with E-state index in [1.54, 1.807) is 24.3 Å². The van der Waals surface area contributed by atoms with Crippen LogP contribution >= 0.6 is 27.5 Å². The van der Waals surface area contributed by atoms with Crippen molar-refractivity contribution in [1.82, 2.24) is 10.2 Å². The largest absolute Gasteiger partial charge is 0.396 e. The molecule has 3 N–H and O–H groups in total. The van der Waals surface area contributed by atoms with Crippen molar-refractivity contribution in [2.45, 2.75) is 35.4 Å². The summed E-state index contributed by atoms with van der Waals surface area (Å²) < 4.78 is 6.29. The number of likely N-dealkylation sites (tertiary alicyclic amines) is 1. The van der Waals surface area contributed by atoms with E-state index in [4.69, 9.17) is 16.3 Å². The maximum absolute atomic E-state index is 13.4. The summed E-state index contributed by atoms with van der Waals surface area (Å²) in [5.41, 5.74) is -0.552. The van der Waals surface area contributed by atoms with E-state index in [9.17, 15) is 19.5 Å². The number of ether oxygens (including phenoxy) is 1. The zero-order valence-corrected chi connectivity index (χ0v) is 18.6. The van der Waals surface area contributed by atoms with E-state index in [2.05, 4.69) is 26.6 Å². The molecular formula is C20H23BrClN3O5. The summed E-state index contributed by atoms with van der Waals surface area (Å²) in [6.07, 6.45) is 0.283. The summed E-state index contributed by atoms with van der Waals surface area (Å²) >= 11 is 9.51. The predicted octanol–water partition coefficient (Wildman–Crippen LogP) is 1.15. The number of hydrogen-bond acceptors (Lipinski definition) is 5. The van der Waals surface area contributed by atoms with Gasteiger partial charge in [-0.05, 0) is 37.1 Å². The summed E-state index contributed by atoms with van der Waals surface area (Å²) in [6.45, 7) is 0.0874. The van der Waals surface area contributed by atoms with E-state index in [1.165, 1.54) is 11.9 Å². The first-order chi connectivity index (χ1) is 14.3. The molecule has 0 aromatic heterocycles. The molecule has 1 aromatic rings. The van der Waals surface area contributed by atoms with Crippen LogP contribution < -0.4 is 10.6 Å². The van der Waals surface area contributed by atoms with Gasteiger partial charge in [0.2, 0.25) is 17.7 Å². The normalized spacial score (nSPS) is 34.2. The zero-order valence-electron chi connectivity index (χ0n) is 16.3. The Morgan fingerprint density at radius 1 is 1.33 bits per heavy atom. The lowest BCUT2D eigenvalue weighted by molar-refractivity contribution is -0.140. The molecule has 8 nitrogen and oxygen atoms in total. The smallest absolute Gasteiger partial charge is 0.250 e. The molecule has 1 aromatic carbocycles. The third-order valence-corrected chi connectivity index (χ3v) is 7.35. The highest BCUT2D eigenvalue weighted by atomic mass is 79.9. The number of nitrogens with zero attached hydrogens (tertiary/aromatic N) is 1. The fourth-order valence-electron chi connectivity index (χ4n) is 5.12. The Morgan fingerprint density at radius 2 is 2.03 bits per heavy atom. The minimum Gasteiger partial charge on any atom is -0.396 e. The molecule has 30 heavy (non-hydrogen) atoms. The van der Waals surface area contributed by atoms with Crippen molar-refractivity contribution in [3.8, 4) is 0 Å². The molecule has 1 spiro atoms. The number of amides is 3. The molecule has 0 radical (unpaired) electrons. The van der Waals surface area contributed by atoms with Crippen LogP contribution in [0.2, 0.25) is 5.02 Å². The topological polar surface area (TPSA) is 108 Å². The van der Waals surface area contributed by atoms with Crippen LogP contribution in [0.3, 0.4) is 0 Å². The van der Waals surface area contributed by atoms with Gasteiger partial charge in [-0.1, -0.05) is 27.5 Å². The number of alkyl halides is 1. The average molecular weight is 501 g/mol. The number of fused-ring (bicyclic) bond motifs is 1. The third-order valence-electron chi connectivity index (χ3n) is 6.26. The molecule has 0 aliphatic carbocycles. The number of aliphatic hydroxyl groups is 1. The minimum absolute atomic E-state index is 0.115. The Hall–Kier alpha value is -1.68. The van der Waals surface area contributed by atoms with Crippen molar-refractivity contribution >= 4 is 50.9 Å². The lowest BCUT2D eigenvalue weighted by atomic mass is 9.70. The van der Waals surface area contributed by atoms with Crippen LogP contribution in [0, 0.1) is 11.8 Å². The van der Waals surface area contributed by atoms with Crippen molar-refractivity contribution < 1.29 is 24.2 Å². The molecule has 4 rings (SSSR count). The molecule has 3 aliphatic heterocycles. The van der Waals surface area contributed by atoms with Crippen LogP contribution in [0.15, 0.2) is 24.3 Å². The Balaban J connectivity index is 1.71. The van der Waals surface area contributed by atoms with Crippen LogP contribution in [0.5, 0.6) is 0 Å². The minimum atomic E-state index is -1.10. The number of nitrogens with one attached hydrogen (secondary N) is 2. The summed E-state index contributed by atoms with van der Waals surface area (Å²) in [7, 11) is 1.53. The highest BCUT2D eigenvalue weighted by molar-refractivity contribution is 9.09. The van der Waals surface area contributed by atoms with Gasteiger partial charge in [0.05, 0.1) is 17.9 Å². The first-order valence-electron chi connectivity index (χ1n) is 9.85. The fraction of sp³-hybridized carbons (Fsp3) is 0.550. The average Bonchev–Trinajstić information content (AvgIpc) is 3.31. The lowest BCUT2D eigenvalue weighted by Crippen LogP contribution is -2.54. The van der Waals surface area contributed by atoms with Gasteiger partial charge < -0.3 is 25.4 Å². The standard InChI is InChI=1S/C20H23BrClN3O5/c1-23-17(27)13-14-19(29)25(7-2-8-26)16(20(14)9-12(21)15(13)30-20)18(28)24-11-5-3-10(22)4-6-11/h3-6,12-16,26H,2,7-9H2,1H3,(H,23,27)(H,24,28)/t12?,13-,14-,15-,16?,20?/m0/s1. The number of carbonyl (C=O) groups excluding carboxylic acids is 3. The molecule has 3 aliphatic rings. The van der Waals surface area contributed by atoms with Gasteiger partial charge in [-0.3, -0.25) is 14.4 Å². The van der Waals surface area contributed by atoms with Gasteiger partial charge >= 0.3 is 0 Å². The fourth-order valence-corrected chi connectivity index (χ4v) is 6.19. The van der Waals surface area contributed by atoms with E-state index in [0.29, 0.717) is 23.6 Å². The maximum atomic E-state index is 13.4. The second kappa shape index (κ2) is 8.11. The monoisotopic (exact) mass is 499 g/mol. The van der Waals surface area contributed by atoms with E-state index in [-0.39, 0.29) is 35.7 Å². The summed E-state index contributed by atoms with van der Waals surface area (Å²) in [4.78, 5) is 40.7. The lowest BCUT2D eigenvalue weighted by Gasteiger charge is -2.34. The van der Waals surface area contributed by atoms with Crippen LogP contribution in [0.25, 0.3) is 0 Å². The number of hydrogen-bond donors (Lipinski definition) is 3. The molecule has 3 unspecified atom stereocenters. The maximum Gasteiger partial charge on any atom is 0.250 e. The molecule has 3 heterocycles. The van der Waals surface area contributed by atoms with Gasteiger partial charge in [0.1, 0.15) is 11.6 Å². The van der Waals surface area contributed by atoms with E-state index >= 15 is 0 Å². The van der Waals surface area contributed by atoms with Crippen molar-refractivity contribution in [2.24, 2.45) is 11.8 Å². The Labute approximate surface area is 187 Å². The van der Waals surface area contributed by atoms with E-state index in [0.717, 1.165) is 0 Å². The predicted molar refractivity (Wildman–Crippen MR) is 113 cm³/mol. The first kappa shape index (κ1) is 21.5. The molecule has 3 amide bonds. The van der Waals surface area contributed by atoms with Crippen molar-refractivity contribution in [3.05, 3.63) is 29.3 Å². The van der Waals surface area contributed by atoms with Crippen molar-refractivity contribution in [1.29, 1.82) is 0 Å². The van der Waals surface area contributed by atoms with E-state index < -0.39 is 29.6 Å². The number of halogens is 2. The molecule has 0 saturated carbocycles.